The number of pyridine rings is 1. The number of fused-ring (bicyclic) bond motifs is 1. The molecule has 9 heteroatoms. The minimum absolute atomic E-state index is 0.266. The number of halogens is 2. The smallest absolute Gasteiger partial charge is 0.269 e. The number of nitrogens with zero attached hydrogens (tertiary/aromatic N) is 3. The van der Waals surface area contributed by atoms with Crippen molar-refractivity contribution in [3.8, 4) is 11.5 Å². The lowest BCUT2D eigenvalue weighted by atomic mass is 10.3. The summed E-state index contributed by atoms with van der Waals surface area (Å²) in [6.07, 6.45) is 1.51. The topological polar surface area (TPSA) is 81.1 Å². The number of hydrogen-bond donors (Lipinski definition) is 2. The number of rotatable bonds is 5. The highest BCUT2D eigenvalue weighted by atomic mass is 79.9. The van der Waals surface area contributed by atoms with E-state index in [4.69, 9.17) is 4.74 Å². The van der Waals surface area contributed by atoms with Gasteiger partial charge in [0.05, 0.1) is 15.5 Å². The van der Waals surface area contributed by atoms with Crippen LogP contribution in [0.5, 0.6) is 11.5 Å². The van der Waals surface area contributed by atoms with E-state index in [2.05, 4.69) is 36.5 Å². The molecule has 30 heavy (non-hydrogen) atoms. The summed E-state index contributed by atoms with van der Waals surface area (Å²) in [6.45, 7) is 0. The number of ether oxygens (including phenoxy) is 1. The molecule has 1 amide bonds. The van der Waals surface area contributed by atoms with Crippen molar-refractivity contribution < 1.29 is 13.9 Å². The normalized spacial score (nSPS) is 10.8. The molecule has 2 aromatic heterocycles. The third kappa shape index (κ3) is 3.97. The van der Waals surface area contributed by atoms with Gasteiger partial charge >= 0.3 is 0 Å². The molecule has 152 valence electrons. The Morgan fingerprint density at radius 1 is 1.13 bits per heavy atom. The molecule has 0 atom stereocenters. The lowest BCUT2D eigenvalue weighted by Crippen LogP contribution is -2.18. The molecule has 0 spiro atoms. The zero-order valence-corrected chi connectivity index (χ0v) is 17.7. The molecule has 2 heterocycles. The van der Waals surface area contributed by atoms with Crippen molar-refractivity contribution in [3.63, 3.8) is 0 Å². The second-order valence-electron chi connectivity index (χ2n) is 6.46. The predicted molar refractivity (Wildman–Crippen MR) is 116 cm³/mol. The van der Waals surface area contributed by atoms with Crippen molar-refractivity contribution in [3.05, 3.63) is 70.7 Å². The monoisotopic (exact) mass is 469 g/mol. The van der Waals surface area contributed by atoms with E-state index in [1.807, 2.05) is 23.7 Å². The minimum Gasteiger partial charge on any atom is -0.457 e. The maximum atomic E-state index is 13.8. The van der Waals surface area contributed by atoms with Crippen molar-refractivity contribution in [1.29, 1.82) is 0 Å². The fraction of sp³-hybridized carbons (Fsp3) is 0.0952. The highest BCUT2D eigenvalue weighted by Gasteiger charge is 2.11. The van der Waals surface area contributed by atoms with Gasteiger partial charge in [0, 0.05) is 38.1 Å². The molecule has 0 fully saturated rings. The number of aromatic nitrogens is 3. The number of benzene rings is 2. The molecule has 0 bridgehead atoms. The molecular weight excluding hydrogens is 453 g/mol. The number of hydrogen-bond acceptors (Lipinski definition) is 5. The first-order chi connectivity index (χ1) is 14.4. The summed E-state index contributed by atoms with van der Waals surface area (Å²) in [5, 5.41) is 5.65. The highest BCUT2D eigenvalue weighted by Crippen LogP contribution is 2.29. The van der Waals surface area contributed by atoms with Crippen molar-refractivity contribution >= 4 is 44.5 Å². The van der Waals surface area contributed by atoms with Crippen LogP contribution >= 0.6 is 15.9 Å². The van der Waals surface area contributed by atoms with Crippen molar-refractivity contribution in [2.75, 3.05) is 12.4 Å². The second kappa shape index (κ2) is 8.11. The van der Waals surface area contributed by atoms with E-state index in [1.165, 1.54) is 12.3 Å². The standard InChI is InChI=1S/C21H17BrFN5O2/c1-24-20(29)18-11-14(7-8-25-18)30-13-4-6-19-17(10-13)27-21(28(19)2)26-12-3-5-15(22)16(23)9-12/h3-11H,1-2H3,(H,24,29)(H,26,27). The average molecular weight is 470 g/mol. The van der Waals surface area contributed by atoms with E-state index < -0.39 is 0 Å². The summed E-state index contributed by atoms with van der Waals surface area (Å²) in [5.74, 6) is 0.969. The molecule has 0 unspecified atom stereocenters. The van der Waals surface area contributed by atoms with Crippen LogP contribution in [0.3, 0.4) is 0 Å². The SMILES string of the molecule is CNC(=O)c1cc(Oc2ccc3c(c2)nc(Nc2ccc(Br)c(F)c2)n3C)ccn1. The molecule has 4 rings (SSSR count). The van der Waals surface area contributed by atoms with E-state index in [1.54, 1.807) is 37.4 Å². The van der Waals surface area contributed by atoms with Gasteiger partial charge in [-0.05, 0) is 52.3 Å². The highest BCUT2D eigenvalue weighted by molar-refractivity contribution is 9.10. The Morgan fingerprint density at radius 3 is 2.70 bits per heavy atom. The van der Waals surface area contributed by atoms with Gasteiger partial charge in [0.2, 0.25) is 5.95 Å². The average Bonchev–Trinajstić information content (AvgIpc) is 3.05. The van der Waals surface area contributed by atoms with Crippen LogP contribution in [-0.4, -0.2) is 27.5 Å². The van der Waals surface area contributed by atoms with Gasteiger partial charge < -0.3 is 19.9 Å². The summed E-state index contributed by atoms with van der Waals surface area (Å²) >= 11 is 3.15. The summed E-state index contributed by atoms with van der Waals surface area (Å²) in [7, 11) is 3.41. The number of nitrogens with one attached hydrogen (secondary N) is 2. The number of anilines is 2. The van der Waals surface area contributed by atoms with Crippen LogP contribution in [0, 0.1) is 5.82 Å². The van der Waals surface area contributed by atoms with E-state index >= 15 is 0 Å². The van der Waals surface area contributed by atoms with Crippen LogP contribution in [0.1, 0.15) is 10.5 Å². The van der Waals surface area contributed by atoms with Crippen LogP contribution in [0.2, 0.25) is 0 Å². The molecule has 4 aromatic rings. The molecule has 0 aliphatic carbocycles. The quantitative estimate of drug-likeness (QED) is 0.440. The Hall–Kier alpha value is -3.46. The predicted octanol–water partition coefficient (Wildman–Crippen LogP) is 4.77. The van der Waals surface area contributed by atoms with Crippen molar-refractivity contribution in [2.24, 2.45) is 7.05 Å². The lowest BCUT2D eigenvalue weighted by molar-refractivity contribution is 0.0958. The summed E-state index contributed by atoms with van der Waals surface area (Å²) in [4.78, 5) is 20.4. The van der Waals surface area contributed by atoms with Crippen molar-refractivity contribution in [2.45, 2.75) is 0 Å². The first kappa shape index (κ1) is 19.8. The Bertz CT molecular complexity index is 1260. The number of amides is 1. The third-order valence-electron chi connectivity index (χ3n) is 4.45. The first-order valence-corrected chi connectivity index (χ1v) is 9.78. The van der Waals surface area contributed by atoms with Crippen LogP contribution in [0.25, 0.3) is 11.0 Å². The summed E-state index contributed by atoms with van der Waals surface area (Å²) < 4.78 is 21.9. The molecule has 0 saturated heterocycles. The third-order valence-corrected chi connectivity index (χ3v) is 5.10. The zero-order chi connectivity index (χ0) is 21.3. The summed E-state index contributed by atoms with van der Waals surface area (Å²) in [5.41, 5.74) is 2.44. The lowest BCUT2D eigenvalue weighted by Gasteiger charge is -2.07. The van der Waals surface area contributed by atoms with E-state index in [-0.39, 0.29) is 17.4 Å². The van der Waals surface area contributed by atoms with Crippen LogP contribution in [0.15, 0.2) is 59.2 Å². The van der Waals surface area contributed by atoms with E-state index in [9.17, 15) is 9.18 Å². The Balaban J connectivity index is 1.60. The molecule has 0 radical (unpaired) electrons. The van der Waals surface area contributed by atoms with Gasteiger partial charge in [-0.15, -0.1) is 0 Å². The van der Waals surface area contributed by atoms with E-state index in [0.29, 0.717) is 33.1 Å². The molecule has 0 saturated carbocycles. The second-order valence-corrected chi connectivity index (χ2v) is 7.31. The van der Waals surface area contributed by atoms with Crippen LogP contribution < -0.4 is 15.4 Å². The Morgan fingerprint density at radius 2 is 1.93 bits per heavy atom. The molecule has 7 nitrogen and oxygen atoms in total. The molecular formula is C21H17BrFN5O2. The number of aryl methyl sites for hydroxylation is 1. The number of carbonyl (C=O) groups is 1. The van der Waals surface area contributed by atoms with Gasteiger partial charge in [0.25, 0.3) is 5.91 Å². The van der Waals surface area contributed by atoms with Gasteiger partial charge in [-0.25, -0.2) is 9.37 Å². The maximum absolute atomic E-state index is 13.8. The molecule has 0 aliphatic rings. The fourth-order valence-electron chi connectivity index (χ4n) is 2.92. The number of carbonyl (C=O) groups excluding carboxylic acids is 1. The molecule has 2 aromatic carbocycles. The minimum atomic E-state index is -0.358. The van der Waals surface area contributed by atoms with Crippen LogP contribution in [-0.2, 0) is 7.05 Å². The van der Waals surface area contributed by atoms with Crippen LogP contribution in [0.4, 0.5) is 16.0 Å². The first-order valence-electron chi connectivity index (χ1n) is 8.99. The Kier molecular flexibility index (Phi) is 5.37. The van der Waals surface area contributed by atoms with Gasteiger partial charge in [-0.2, -0.15) is 0 Å². The van der Waals surface area contributed by atoms with Gasteiger partial charge in [0.15, 0.2) is 0 Å². The van der Waals surface area contributed by atoms with Gasteiger partial charge in [-0.1, -0.05) is 0 Å². The zero-order valence-electron chi connectivity index (χ0n) is 16.1. The molecule has 0 aliphatic heterocycles. The van der Waals surface area contributed by atoms with Gasteiger partial charge in [-0.3, -0.25) is 9.78 Å². The largest absolute Gasteiger partial charge is 0.457 e. The summed E-state index contributed by atoms with van der Waals surface area (Å²) in [6, 6.07) is 13.5. The van der Waals surface area contributed by atoms with Gasteiger partial charge in [0.1, 0.15) is 23.0 Å². The van der Waals surface area contributed by atoms with Crippen molar-refractivity contribution in [1.82, 2.24) is 19.9 Å². The number of imidazole rings is 1. The Labute approximate surface area is 180 Å². The van der Waals surface area contributed by atoms with E-state index in [0.717, 1.165) is 5.52 Å². The molecule has 2 N–H and O–H groups in total. The maximum Gasteiger partial charge on any atom is 0.269 e. The fourth-order valence-corrected chi connectivity index (χ4v) is 3.17.